The maximum atomic E-state index is 4.99. The van der Waals surface area contributed by atoms with Crippen LogP contribution >= 0.6 is 0 Å². The third-order valence-electron chi connectivity index (χ3n) is 5.21. The SMILES string of the molecule is CCCCCc1cc2[nH]c3ccccc3nc2c2c1nc1ccccc12. The minimum atomic E-state index is 0.991. The lowest BCUT2D eigenvalue weighted by Crippen LogP contribution is -1.93. The highest BCUT2D eigenvalue weighted by Gasteiger charge is 2.15. The second-order valence-corrected chi connectivity index (χ2v) is 7.00. The summed E-state index contributed by atoms with van der Waals surface area (Å²) in [6.07, 6.45) is 4.73. The summed E-state index contributed by atoms with van der Waals surface area (Å²) in [5, 5.41) is 2.38. The molecule has 128 valence electrons. The van der Waals surface area contributed by atoms with E-state index < -0.39 is 0 Å². The van der Waals surface area contributed by atoms with Gasteiger partial charge in [-0.05, 0) is 42.7 Å². The van der Waals surface area contributed by atoms with E-state index >= 15 is 0 Å². The number of nitrogens with one attached hydrogen (secondary N) is 1. The number of aryl methyl sites for hydroxylation is 1. The number of hydrogen-bond acceptors (Lipinski definition) is 2. The first-order valence-electron chi connectivity index (χ1n) is 9.44. The van der Waals surface area contributed by atoms with Gasteiger partial charge in [-0.15, -0.1) is 0 Å². The van der Waals surface area contributed by atoms with E-state index in [1.54, 1.807) is 0 Å². The fourth-order valence-corrected chi connectivity index (χ4v) is 3.91. The number of para-hydroxylation sites is 3. The lowest BCUT2D eigenvalue weighted by atomic mass is 10.0. The van der Waals surface area contributed by atoms with Gasteiger partial charge in [-0.1, -0.05) is 50.1 Å². The first-order valence-corrected chi connectivity index (χ1v) is 9.44. The summed E-state index contributed by atoms with van der Waals surface area (Å²) in [4.78, 5) is 13.6. The van der Waals surface area contributed by atoms with Crippen molar-refractivity contribution in [3.05, 3.63) is 60.2 Å². The van der Waals surface area contributed by atoms with Gasteiger partial charge in [0.2, 0.25) is 0 Å². The van der Waals surface area contributed by atoms with E-state index in [4.69, 9.17) is 9.97 Å². The summed E-state index contributed by atoms with van der Waals surface area (Å²) < 4.78 is 0. The third-order valence-corrected chi connectivity index (χ3v) is 5.21. The Hall–Kier alpha value is -2.94. The van der Waals surface area contributed by atoms with Crippen LogP contribution in [0.1, 0.15) is 31.7 Å². The van der Waals surface area contributed by atoms with Crippen LogP contribution in [0.15, 0.2) is 54.6 Å². The fraction of sp³-hybridized carbons (Fsp3) is 0.217. The Bertz CT molecular complexity index is 1250. The lowest BCUT2D eigenvalue weighted by Gasteiger charge is -2.08. The molecule has 3 heteroatoms. The van der Waals surface area contributed by atoms with Crippen molar-refractivity contribution in [2.45, 2.75) is 32.6 Å². The molecule has 1 N–H and O–H groups in total. The van der Waals surface area contributed by atoms with Crippen molar-refractivity contribution in [2.24, 2.45) is 0 Å². The second kappa shape index (κ2) is 6.10. The van der Waals surface area contributed by atoms with E-state index in [9.17, 15) is 0 Å². The molecule has 2 aromatic heterocycles. The minimum absolute atomic E-state index is 0.991. The Balaban J connectivity index is 1.89. The molecule has 26 heavy (non-hydrogen) atoms. The van der Waals surface area contributed by atoms with Crippen molar-refractivity contribution in [1.82, 2.24) is 15.0 Å². The molecular formula is C23H21N3. The van der Waals surface area contributed by atoms with E-state index in [1.807, 2.05) is 12.1 Å². The normalized spacial score (nSPS) is 11.9. The van der Waals surface area contributed by atoms with Crippen molar-refractivity contribution >= 4 is 43.9 Å². The molecule has 0 bridgehead atoms. The van der Waals surface area contributed by atoms with Crippen molar-refractivity contribution in [3.8, 4) is 0 Å². The quantitative estimate of drug-likeness (QED) is 0.315. The molecule has 0 radical (unpaired) electrons. The molecule has 3 aromatic carbocycles. The maximum Gasteiger partial charge on any atom is 0.0973 e. The molecule has 0 unspecified atom stereocenters. The number of nitrogens with zero attached hydrogens (tertiary/aromatic N) is 2. The van der Waals surface area contributed by atoms with Gasteiger partial charge in [-0.2, -0.15) is 0 Å². The Morgan fingerprint density at radius 2 is 1.58 bits per heavy atom. The van der Waals surface area contributed by atoms with Crippen LogP contribution in [0.2, 0.25) is 0 Å². The summed E-state index contributed by atoms with van der Waals surface area (Å²) in [6.45, 7) is 2.24. The number of rotatable bonds is 4. The molecular weight excluding hydrogens is 318 g/mol. The second-order valence-electron chi connectivity index (χ2n) is 7.00. The first-order chi connectivity index (χ1) is 12.8. The van der Waals surface area contributed by atoms with Crippen LogP contribution in [-0.2, 0) is 6.42 Å². The molecule has 0 aliphatic rings. The van der Waals surface area contributed by atoms with Gasteiger partial charge >= 0.3 is 0 Å². The molecule has 0 saturated heterocycles. The summed E-state index contributed by atoms with van der Waals surface area (Å²) in [6, 6.07) is 18.9. The van der Waals surface area contributed by atoms with Crippen molar-refractivity contribution in [3.63, 3.8) is 0 Å². The first kappa shape index (κ1) is 15.3. The molecule has 5 aromatic rings. The highest BCUT2D eigenvalue weighted by molar-refractivity contribution is 6.19. The van der Waals surface area contributed by atoms with Gasteiger partial charge in [0.05, 0.1) is 33.1 Å². The number of aromatic amines is 1. The van der Waals surface area contributed by atoms with Gasteiger partial charge in [-0.25, -0.2) is 9.97 Å². The third kappa shape index (κ3) is 2.35. The zero-order valence-corrected chi connectivity index (χ0v) is 14.9. The monoisotopic (exact) mass is 339 g/mol. The molecule has 0 amide bonds. The predicted molar refractivity (Wildman–Crippen MR) is 110 cm³/mol. The standard InChI is InChI=1S/C23H21N3/c1-2-3-4-9-15-14-20-23(26-19-13-8-7-12-18(19)24-20)21-16-10-5-6-11-17(16)25-22(15)21/h5-8,10-14,24H,2-4,9H2,1H3. The van der Waals surface area contributed by atoms with E-state index in [0.717, 1.165) is 39.5 Å². The number of unbranched alkanes of at least 4 members (excludes halogenated alkanes) is 2. The Labute approximate surface area is 152 Å². The van der Waals surface area contributed by atoms with Crippen molar-refractivity contribution < 1.29 is 0 Å². The Morgan fingerprint density at radius 1 is 0.808 bits per heavy atom. The summed E-state index contributed by atoms with van der Waals surface area (Å²) in [7, 11) is 0. The number of H-pyrrole nitrogens is 1. The van der Waals surface area contributed by atoms with Gasteiger partial charge in [0.25, 0.3) is 0 Å². The van der Waals surface area contributed by atoms with Gasteiger partial charge in [0, 0.05) is 10.8 Å². The Kier molecular flexibility index (Phi) is 3.59. The van der Waals surface area contributed by atoms with Crippen LogP contribution in [0.4, 0.5) is 0 Å². The van der Waals surface area contributed by atoms with Crippen LogP contribution in [0.3, 0.4) is 0 Å². The van der Waals surface area contributed by atoms with Crippen LogP contribution < -0.4 is 0 Å². The Morgan fingerprint density at radius 3 is 2.46 bits per heavy atom. The average molecular weight is 339 g/mol. The number of fused-ring (bicyclic) bond motifs is 6. The zero-order valence-electron chi connectivity index (χ0n) is 14.9. The van der Waals surface area contributed by atoms with E-state index in [2.05, 4.69) is 54.4 Å². The molecule has 2 heterocycles. The van der Waals surface area contributed by atoms with Crippen LogP contribution in [-0.4, -0.2) is 15.0 Å². The van der Waals surface area contributed by atoms with E-state index in [0.29, 0.717) is 0 Å². The minimum Gasteiger partial charge on any atom is -0.352 e. The predicted octanol–water partition coefficient (Wildman–Crippen LogP) is 6.15. The molecule has 0 saturated carbocycles. The zero-order chi connectivity index (χ0) is 17.5. The summed E-state index contributed by atoms with van der Waals surface area (Å²) >= 11 is 0. The van der Waals surface area contributed by atoms with Crippen LogP contribution in [0, 0.1) is 0 Å². The molecule has 5 rings (SSSR count). The highest BCUT2D eigenvalue weighted by Crippen LogP contribution is 2.34. The molecule has 3 nitrogen and oxygen atoms in total. The molecule has 0 fully saturated rings. The van der Waals surface area contributed by atoms with E-state index in [-0.39, 0.29) is 0 Å². The lowest BCUT2D eigenvalue weighted by molar-refractivity contribution is 0.719. The molecule has 0 atom stereocenters. The van der Waals surface area contributed by atoms with Crippen LogP contribution in [0.5, 0.6) is 0 Å². The topological polar surface area (TPSA) is 41.6 Å². The number of hydrogen-bond donors (Lipinski definition) is 1. The van der Waals surface area contributed by atoms with Crippen molar-refractivity contribution in [1.29, 1.82) is 0 Å². The largest absolute Gasteiger partial charge is 0.352 e. The number of benzene rings is 3. The smallest absolute Gasteiger partial charge is 0.0973 e. The van der Waals surface area contributed by atoms with Gasteiger partial charge in [0.1, 0.15) is 0 Å². The fourth-order valence-electron chi connectivity index (χ4n) is 3.91. The molecule has 0 spiro atoms. The molecule has 0 aliphatic carbocycles. The maximum absolute atomic E-state index is 4.99. The number of aromatic nitrogens is 3. The van der Waals surface area contributed by atoms with Gasteiger partial charge < -0.3 is 4.98 Å². The van der Waals surface area contributed by atoms with Gasteiger partial charge in [-0.3, -0.25) is 0 Å². The highest BCUT2D eigenvalue weighted by atomic mass is 14.8. The van der Waals surface area contributed by atoms with Crippen molar-refractivity contribution in [2.75, 3.05) is 0 Å². The average Bonchev–Trinajstić information content (AvgIpc) is 3.07. The van der Waals surface area contributed by atoms with E-state index in [1.165, 1.54) is 35.6 Å². The summed E-state index contributed by atoms with van der Waals surface area (Å²) in [5.74, 6) is 0. The van der Waals surface area contributed by atoms with Crippen LogP contribution in [0.25, 0.3) is 43.9 Å². The summed E-state index contributed by atoms with van der Waals surface area (Å²) in [5.41, 5.74) is 7.68. The molecule has 0 aliphatic heterocycles. The van der Waals surface area contributed by atoms with Gasteiger partial charge in [0.15, 0.2) is 0 Å².